The van der Waals surface area contributed by atoms with E-state index in [1.54, 1.807) is 13.1 Å². The number of rotatable bonds is 4. The lowest BCUT2D eigenvalue weighted by molar-refractivity contribution is 0.168. The number of benzene rings is 1. The molecule has 1 amide bonds. The van der Waals surface area contributed by atoms with Gasteiger partial charge in [0, 0.05) is 6.07 Å². The zero-order valence-electron chi connectivity index (χ0n) is 13.0. The van der Waals surface area contributed by atoms with E-state index in [-0.39, 0.29) is 12.4 Å². The third-order valence-corrected chi connectivity index (χ3v) is 3.15. The smallest absolute Gasteiger partial charge is 0.412 e. The first kappa shape index (κ1) is 15.5. The summed E-state index contributed by atoms with van der Waals surface area (Å²) in [6.07, 6.45) is 2.61. The summed E-state index contributed by atoms with van der Waals surface area (Å²) >= 11 is 0. The van der Waals surface area contributed by atoms with Gasteiger partial charge in [0.15, 0.2) is 5.65 Å². The lowest BCUT2D eigenvalue weighted by Crippen LogP contribution is -2.14. The Morgan fingerprint density at radius 2 is 2.21 bits per heavy atom. The van der Waals surface area contributed by atoms with Crippen molar-refractivity contribution < 1.29 is 9.53 Å². The Balaban J connectivity index is 1.93. The van der Waals surface area contributed by atoms with E-state index in [1.165, 1.54) is 17.1 Å². The summed E-state index contributed by atoms with van der Waals surface area (Å²) in [5, 5.41) is 6.85. The number of anilines is 2. The van der Waals surface area contributed by atoms with Gasteiger partial charge in [-0.3, -0.25) is 5.32 Å². The number of nitrogens with two attached hydrogens (primary N) is 1. The van der Waals surface area contributed by atoms with Gasteiger partial charge in [-0.05, 0) is 12.5 Å². The van der Waals surface area contributed by atoms with Crippen molar-refractivity contribution in [2.45, 2.75) is 6.92 Å². The van der Waals surface area contributed by atoms with Crippen molar-refractivity contribution in [2.24, 2.45) is 5.10 Å². The molecule has 1 aromatic carbocycles. The molecule has 3 rings (SSSR count). The third kappa shape index (κ3) is 3.32. The van der Waals surface area contributed by atoms with Gasteiger partial charge in [0.2, 0.25) is 0 Å². The van der Waals surface area contributed by atoms with Gasteiger partial charge in [-0.25, -0.2) is 19.4 Å². The van der Waals surface area contributed by atoms with Crippen LogP contribution in [0.15, 0.2) is 47.8 Å². The van der Waals surface area contributed by atoms with Gasteiger partial charge < -0.3 is 10.5 Å². The Bertz CT molecular complexity index is 888. The molecule has 8 heteroatoms. The standard InChI is InChI=1S/C16H16N6O2/c1-2-24-16(23)21-13-8-12(17)14-15(20-13)22(10-18-14)19-9-11-6-4-3-5-7-11/h3-10H,2H2,1H3,(H3,17,20,21,23)/b19-9+. The van der Waals surface area contributed by atoms with Gasteiger partial charge in [0.1, 0.15) is 17.7 Å². The highest BCUT2D eigenvalue weighted by atomic mass is 16.5. The molecule has 2 heterocycles. The Hall–Kier alpha value is -3.42. The fourth-order valence-corrected chi connectivity index (χ4v) is 2.09. The summed E-state index contributed by atoms with van der Waals surface area (Å²) < 4.78 is 6.33. The molecule has 24 heavy (non-hydrogen) atoms. The quantitative estimate of drug-likeness (QED) is 0.717. The normalized spacial score (nSPS) is 11.0. The average molecular weight is 324 g/mol. The number of fused-ring (bicyclic) bond motifs is 1. The van der Waals surface area contributed by atoms with Crippen molar-refractivity contribution in [3.8, 4) is 0 Å². The summed E-state index contributed by atoms with van der Waals surface area (Å²) in [5.74, 6) is 0.273. The van der Waals surface area contributed by atoms with Crippen LogP contribution in [0.3, 0.4) is 0 Å². The topological polar surface area (TPSA) is 107 Å². The number of nitrogen functional groups attached to an aromatic ring is 1. The van der Waals surface area contributed by atoms with Crippen LogP contribution in [0.2, 0.25) is 0 Å². The second-order valence-electron chi connectivity index (χ2n) is 4.86. The number of carbonyl (C=O) groups is 1. The van der Waals surface area contributed by atoms with Gasteiger partial charge in [-0.2, -0.15) is 5.10 Å². The molecule has 0 aliphatic heterocycles. The number of pyridine rings is 1. The molecule has 0 aliphatic rings. The van der Waals surface area contributed by atoms with Gasteiger partial charge in [-0.15, -0.1) is 0 Å². The molecule has 0 radical (unpaired) electrons. The molecule has 0 saturated heterocycles. The number of aromatic nitrogens is 3. The van der Waals surface area contributed by atoms with Crippen molar-refractivity contribution in [3.05, 3.63) is 48.3 Å². The Kier molecular flexibility index (Phi) is 4.37. The van der Waals surface area contributed by atoms with Crippen molar-refractivity contribution in [2.75, 3.05) is 17.7 Å². The van der Waals surface area contributed by atoms with Crippen molar-refractivity contribution in [1.29, 1.82) is 0 Å². The molecule has 0 aliphatic carbocycles. The van der Waals surface area contributed by atoms with Crippen LogP contribution in [-0.2, 0) is 4.74 Å². The maximum absolute atomic E-state index is 11.5. The van der Waals surface area contributed by atoms with E-state index in [2.05, 4.69) is 20.4 Å². The van der Waals surface area contributed by atoms with Crippen molar-refractivity contribution in [3.63, 3.8) is 0 Å². The fourth-order valence-electron chi connectivity index (χ4n) is 2.09. The van der Waals surface area contributed by atoms with Crippen molar-refractivity contribution >= 4 is 35.0 Å². The maximum atomic E-state index is 11.5. The van der Waals surface area contributed by atoms with Crippen LogP contribution in [0.25, 0.3) is 11.2 Å². The maximum Gasteiger partial charge on any atom is 0.412 e. The van der Waals surface area contributed by atoms with Gasteiger partial charge >= 0.3 is 6.09 Å². The first-order valence-electron chi connectivity index (χ1n) is 7.34. The fraction of sp³-hybridized carbons (Fsp3) is 0.125. The largest absolute Gasteiger partial charge is 0.450 e. The molecule has 3 N–H and O–H groups in total. The number of imidazole rings is 1. The van der Waals surface area contributed by atoms with E-state index in [0.717, 1.165) is 5.56 Å². The van der Waals surface area contributed by atoms with Gasteiger partial charge in [-0.1, -0.05) is 30.3 Å². The predicted octanol–water partition coefficient (Wildman–Crippen LogP) is 2.46. The molecule has 0 bridgehead atoms. The van der Waals surface area contributed by atoms with Crippen LogP contribution in [-0.4, -0.2) is 33.6 Å². The van der Waals surface area contributed by atoms with Crippen LogP contribution in [0.5, 0.6) is 0 Å². The highest BCUT2D eigenvalue weighted by Gasteiger charge is 2.11. The zero-order chi connectivity index (χ0) is 16.9. The molecular weight excluding hydrogens is 308 g/mol. The highest BCUT2D eigenvalue weighted by Crippen LogP contribution is 2.21. The van der Waals surface area contributed by atoms with Crippen LogP contribution >= 0.6 is 0 Å². The molecular formula is C16H16N6O2. The minimum atomic E-state index is -0.595. The Labute approximate surface area is 138 Å². The average Bonchev–Trinajstić information content (AvgIpc) is 2.97. The molecule has 0 spiro atoms. The number of hydrogen-bond acceptors (Lipinski definition) is 6. The SMILES string of the molecule is CCOC(=O)Nc1cc(N)c2ncn(/N=C/c3ccccc3)c2n1. The lowest BCUT2D eigenvalue weighted by atomic mass is 10.2. The zero-order valence-corrected chi connectivity index (χ0v) is 13.0. The predicted molar refractivity (Wildman–Crippen MR) is 92.0 cm³/mol. The number of hydrogen-bond donors (Lipinski definition) is 2. The van der Waals surface area contributed by atoms with Crippen LogP contribution in [0.4, 0.5) is 16.3 Å². The molecule has 0 saturated carbocycles. The Morgan fingerprint density at radius 3 is 2.96 bits per heavy atom. The second-order valence-corrected chi connectivity index (χ2v) is 4.86. The number of ether oxygens (including phenoxy) is 1. The van der Waals surface area contributed by atoms with Crippen LogP contribution in [0.1, 0.15) is 12.5 Å². The summed E-state index contributed by atoms with van der Waals surface area (Å²) in [6.45, 7) is 1.99. The van der Waals surface area contributed by atoms with Gasteiger partial charge in [0.25, 0.3) is 0 Å². The lowest BCUT2D eigenvalue weighted by Gasteiger charge is -2.06. The van der Waals surface area contributed by atoms with Gasteiger partial charge in [0.05, 0.1) is 18.5 Å². The monoisotopic (exact) mass is 324 g/mol. The minimum absolute atomic E-state index is 0.267. The summed E-state index contributed by atoms with van der Waals surface area (Å²) in [7, 11) is 0. The van der Waals surface area contributed by atoms with Crippen LogP contribution in [0, 0.1) is 0 Å². The molecule has 3 aromatic rings. The van der Waals surface area contributed by atoms with E-state index in [0.29, 0.717) is 16.9 Å². The summed E-state index contributed by atoms with van der Waals surface area (Å²) in [4.78, 5) is 20.1. The summed E-state index contributed by atoms with van der Waals surface area (Å²) in [5.41, 5.74) is 8.24. The van der Waals surface area contributed by atoms with E-state index >= 15 is 0 Å². The second kappa shape index (κ2) is 6.78. The van der Waals surface area contributed by atoms with E-state index in [9.17, 15) is 4.79 Å². The molecule has 0 atom stereocenters. The van der Waals surface area contributed by atoms with E-state index in [4.69, 9.17) is 10.5 Å². The Morgan fingerprint density at radius 1 is 1.42 bits per heavy atom. The number of carbonyl (C=O) groups excluding carboxylic acids is 1. The number of nitrogens with one attached hydrogen (secondary N) is 1. The molecule has 0 fully saturated rings. The molecule has 0 unspecified atom stereocenters. The first-order valence-corrected chi connectivity index (χ1v) is 7.34. The van der Waals surface area contributed by atoms with E-state index in [1.807, 2.05) is 30.3 Å². The molecule has 122 valence electrons. The van der Waals surface area contributed by atoms with E-state index < -0.39 is 6.09 Å². The summed E-state index contributed by atoms with van der Waals surface area (Å²) in [6, 6.07) is 11.2. The molecule has 8 nitrogen and oxygen atoms in total. The first-order chi connectivity index (χ1) is 11.7. The number of nitrogens with zero attached hydrogens (tertiary/aromatic N) is 4. The minimum Gasteiger partial charge on any atom is -0.450 e. The third-order valence-electron chi connectivity index (χ3n) is 3.15. The molecule has 2 aromatic heterocycles. The van der Waals surface area contributed by atoms with Crippen LogP contribution < -0.4 is 11.1 Å². The number of amides is 1. The van der Waals surface area contributed by atoms with Crippen molar-refractivity contribution in [1.82, 2.24) is 14.6 Å². The highest BCUT2D eigenvalue weighted by molar-refractivity contribution is 5.91.